The molecular weight excluding hydrogens is 284 g/mol. The number of thiophene rings is 2. The molecule has 4 aromatic rings. The quantitative estimate of drug-likeness (QED) is 0.478. The molecule has 0 atom stereocenters. The number of nitrogens with zero attached hydrogens (tertiary/aromatic N) is 2. The minimum Gasteiger partial charge on any atom is -0.240 e. The average Bonchev–Trinajstić information content (AvgIpc) is 3.02. The molecule has 0 fully saturated rings. The second kappa shape index (κ2) is 4.36. The third-order valence-corrected chi connectivity index (χ3v) is 5.93. The summed E-state index contributed by atoms with van der Waals surface area (Å²) in [6.07, 6.45) is 2.00. The average molecular weight is 297 g/mol. The van der Waals surface area contributed by atoms with Crippen molar-refractivity contribution in [3.8, 4) is 11.3 Å². The highest BCUT2D eigenvalue weighted by Gasteiger charge is 2.20. The van der Waals surface area contributed by atoms with Gasteiger partial charge in [-0.1, -0.05) is 29.5 Å². The molecule has 0 saturated carbocycles. The van der Waals surface area contributed by atoms with E-state index in [4.69, 9.17) is 4.98 Å². The Kier molecular flexibility index (Phi) is 2.62. The van der Waals surface area contributed by atoms with Crippen LogP contribution in [0.15, 0.2) is 41.9 Å². The molecule has 4 heteroatoms. The minimum atomic E-state index is 1.12. The van der Waals surface area contributed by atoms with E-state index in [0.717, 1.165) is 5.52 Å². The van der Waals surface area contributed by atoms with Gasteiger partial charge in [-0.3, -0.25) is 0 Å². The molecule has 0 N–H and O–H groups in total. The van der Waals surface area contributed by atoms with Gasteiger partial charge in [-0.15, -0.1) is 11.3 Å². The second-order valence-corrected chi connectivity index (χ2v) is 6.83. The predicted molar refractivity (Wildman–Crippen MR) is 86.4 cm³/mol. The fraction of sp³-hybridized carbons (Fsp3) is 0.125. The molecule has 0 aliphatic rings. The summed E-state index contributed by atoms with van der Waals surface area (Å²) in [5, 5.41) is 2.14. The minimum absolute atomic E-state index is 1.12. The van der Waals surface area contributed by atoms with Crippen LogP contribution in [0.5, 0.6) is 0 Å². The summed E-state index contributed by atoms with van der Waals surface area (Å²) in [4.78, 5) is 5.96. The molecular formula is C16H13N2S2+. The van der Waals surface area contributed by atoms with E-state index >= 15 is 0 Å². The molecule has 0 spiro atoms. The van der Waals surface area contributed by atoms with Crippen LogP contribution in [0.1, 0.15) is 5.56 Å². The lowest BCUT2D eigenvalue weighted by molar-refractivity contribution is -0.631. The van der Waals surface area contributed by atoms with Gasteiger partial charge in [0.25, 0.3) is 4.83 Å². The van der Waals surface area contributed by atoms with Gasteiger partial charge < -0.3 is 0 Å². The van der Waals surface area contributed by atoms with Crippen LogP contribution in [0, 0.1) is 6.92 Å². The van der Waals surface area contributed by atoms with Crippen LogP contribution < -0.4 is 4.57 Å². The Morgan fingerprint density at radius 1 is 1.15 bits per heavy atom. The highest BCUT2D eigenvalue weighted by atomic mass is 32.1. The van der Waals surface area contributed by atoms with Crippen molar-refractivity contribution in [2.24, 2.45) is 7.05 Å². The molecule has 4 rings (SSSR count). The number of hydrogen-bond acceptors (Lipinski definition) is 3. The van der Waals surface area contributed by atoms with Gasteiger partial charge in [-0.25, -0.2) is 4.98 Å². The summed E-state index contributed by atoms with van der Waals surface area (Å²) < 4.78 is 4.90. The van der Waals surface area contributed by atoms with Gasteiger partial charge in [0.1, 0.15) is 13.2 Å². The van der Waals surface area contributed by atoms with Crippen LogP contribution in [-0.4, -0.2) is 4.98 Å². The summed E-state index contributed by atoms with van der Waals surface area (Å²) in [6, 6.07) is 10.6. The summed E-state index contributed by atoms with van der Waals surface area (Å²) in [7, 11) is 2.13. The Morgan fingerprint density at radius 3 is 2.85 bits per heavy atom. The molecule has 1 aromatic carbocycles. The van der Waals surface area contributed by atoms with Crippen molar-refractivity contribution in [2.75, 3.05) is 0 Å². The molecule has 0 amide bonds. The SMILES string of the molecule is Cc1ccccc1-c1cnc2c3sccc3sc2[n+]1C. The van der Waals surface area contributed by atoms with Crippen LogP contribution in [0.4, 0.5) is 0 Å². The van der Waals surface area contributed by atoms with Gasteiger partial charge >= 0.3 is 0 Å². The fourth-order valence-electron chi connectivity index (χ4n) is 2.57. The first-order valence-electron chi connectivity index (χ1n) is 6.46. The van der Waals surface area contributed by atoms with Crippen LogP contribution >= 0.6 is 22.7 Å². The van der Waals surface area contributed by atoms with E-state index in [0.29, 0.717) is 0 Å². The first-order valence-corrected chi connectivity index (χ1v) is 8.16. The Bertz CT molecular complexity index is 934. The van der Waals surface area contributed by atoms with E-state index in [9.17, 15) is 0 Å². The molecule has 2 nitrogen and oxygen atoms in total. The molecule has 0 radical (unpaired) electrons. The maximum absolute atomic E-state index is 4.72. The highest BCUT2D eigenvalue weighted by Crippen LogP contribution is 2.35. The van der Waals surface area contributed by atoms with E-state index in [1.807, 2.05) is 17.5 Å². The maximum Gasteiger partial charge on any atom is 0.289 e. The number of hydrogen-bond donors (Lipinski definition) is 0. The van der Waals surface area contributed by atoms with Gasteiger partial charge in [0, 0.05) is 0 Å². The Morgan fingerprint density at radius 2 is 2.00 bits per heavy atom. The summed E-state index contributed by atoms with van der Waals surface area (Å²) in [5.74, 6) is 0. The van der Waals surface area contributed by atoms with Gasteiger partial charge in [0.2, 0.25) is 5.69 Å². The maximum atomic E-state index is 4.72. The van der Waals surface area contributed by atoms with Gasteiger partial charge in [0.05, 0.1) is 15.0 Å². The zero-order chi connectivity index (χ0) is 13.7. The zero-order valence-corrected chi connectivity index (χ0v) is 12.9. The lowest BCUT2D eigenvalue weighted by Crippen LogP contribution is -2.31. The van der Waals surface area contributed by atoms with E-state index in [1.54, 1.807) is 11.3 Å². The molecule has 0 aliphatic carbocycles. The predicted octanol–water partition coefficient (Wildman–Crippen LogP) is 4.31. The second-order valence-electron chi connectivity index (χ2n) is 4.89. The van der Waals surface area contributed by atoms with Crippen molar-refractivity contribution in [3.63, 3.8) is 0 Å². The Balaban J connectivity index is 2.06. The van der Waals surface area contributed by atoms with E-state index in [-0.39, 0.29) is 0 Å². The molecule has 0 saturated heterocycles. The number of aryl methyl sites for hydroxylation is 2. The standard InChI is InChI=1S/C16H13N2S2/c1-10-5-3-4-6-11(10)12-9-17-14-15-13(7-8-19-15)20-16(14)18(12)2/h3-9H,1-2H3/q+1. The van der Waals surface area contributed by atoms with Crippen LogP contribution in [0.3, 0.4) is 0 Å². The van der Waals surface area contributed by atoms with E-state index in [2.05, 4.69) is 54.3 Å². The number of rotatable bonds is 1. The molecule has 3 heterocycles. The lowest BCUT2D eigenvalue weighted by Gasteiger charge is -2.03. The monoisotopic (exact) mass is 297 g/mol. The smallest absolute Gasteiger partial charge is 0.240 e. The Hall–Kier alpha value is -1.78. The summed E-state index contributed by atoms with van der Waals surface area (Å²) in [5.41, 5.74) is 4.83. The fourth-order valence-corrected chi connectivity index (χ4v) is 4.80. The molecule has 0 unspecified atom stereocenters. The largest absolute Gasteiger partial charge is 0.289 e. The molecule has 0 aliphatic heterocycles. The summed E-state index contributed by atoms with van der Waals surface area (Å²) in [6.45, 7) is 2.15. The van der Waals surface area contributed by atoms with Crippen molar-refractivity contribution in [3.05, 3.63) is 47.5 Å². The van der Waals surface area contributed by atoms with Crippen LogP contribution in [0.2, 0.25) is 0 Å². The highest BCUT2D eigenvalue weighted by molar-refractivity contribution is 7.31. The van der Waals surface area contributed by atoms with Crippen molar-refractivity contribution < 1.29 is 4.57 Å². The van der Waals surface area contributed by atoms with Gasteiger partial charge in [-0.05, 0) is 30.0 Å². The van der Waals surface area contributed by atoms with E-state index in [1.165, 1.54) is 31.1 Å². The van der Waals surface area contributed by atoms with E-state index < -0.39 is 0 Å². The first-order chi connectivity index (χ1) is 9.75. The number of fused-ring (bicyclic) bond motifs is 3. The van der Waals surface area contributed by atoms with Crippen molar-refractivity contribution in [1.29, 1.82) is 0 Å². The Labute approximate surface area is 125 Å². The molecule has 20 heavy (non-hydrogen) atoms. The lowest BCUT2D eigenvalue weighted by atomic mass is 10.1. The zero-order valence-electron chi connectivity index (χ0n) is 11.3. The summed E-state index contributed by atoms with van der Waals surface area (Å²) >= 11 is 3.59. The molecule has 98 valence electrons. The topological polar surface area (TPSA) is 16.8 Å². The van der Waals surface area contributed by atoms with Gasteiger partial charge in [-0.2, -0.15) is 4.57 Å². The van der Waals surface area contributed by atoms with Gasteiger partial charge in [0.15, 0.2) is 5.52 Å². The first kappa shape index (κ1) is 12.0. The van der Waals surface area contributed by atoms with Crippen molar-refractivity contribution in [1.82, 2.24) is 4.98 Å². The third-order valence-electron chi connectivity index (χ3n) is 3.66. The van der Waals surface area contributed by atoms with Crippen molar-refractivity contribution >= 4 is 42.4 Å². The number of aromatic nitrogens is 2. The normalized spacial score (nSPS) is 11.5. The van der Waals surface area contributed by atoms with Crippen LogP contribution in [0.25, 0.3) is 31.0 Å². The van der Waals surface area contributed by atoms with Crippen molar-refractivity contribution in [2.45, 2.75) is 6.92 Å². The third kappa shape index (κ3) is 1.62. The number of benzene rings is 1. The molecule has 3 aromatic heterocycles. The molecule has 0 bridgehead atoms. The van der Waals surface area contributed by atoms with Crippen LogP contribution in [-0.2, 0) is 7.05 Å².